The summed E-state index contributed by atoms with van der Waals surface area (Å²) in [5, 5.41) is 15.8. The average molecular weight is 703 g/mol. The van der Waals surface area contributed by atoms with Crippen LogP contribution in [0.15, 0.2) is 12.5 Å². The van der Waals surface area contributed by atoms with Crippen LogP contribution in [-0.2, 0) is 44.8 Å². The van der Waals surface area contributed by atoms with Crippen LogP contribution < -0.4 is 37.6 Å². The van der Waals surface area contributed by atoms with Gasteiger partial charge >= 0.3 is 0 Å². The highest BCUT2D eigenvalue weighted by Gasteiger charge is 2.39. The molecule has 1 aliphatic carbocycles. The molecule has 1 aromatic heterocycles. The number of hydrogen-bond acceptors (Lipinski definition) is 9. The molecule has 1 saturated heterocycles. The van der Waals surface area contributed by atoms with E-state index >= 15 is 0 Å². The molecule has 3 rings (SSSR count). The van der Waals surface area contributed by atoms with Gasteiger partial charge in [-0.2, -0.15) is 0 Å². The minimum absolute atomic E-state index is 0.0203. The zero-order chi connectivity index (χ0) is 37.1. The Morgan fingerprint density at radius 3 is 2.22 bits per heavy atom. The highest BCUT2D eigenvalue weighted by Crippen LogP contribution is 2.27. The molecular formula is C32H50N10O8. The number of hydrogen-bond donors (Lipinski definition) is 8. The van der Waals surface area contributed by atoms with E-state index in [0.29, 0.717) is 44.3 Å². The van der Waals surface area contributed by atoms with Gasteiger partial charge in [-0.25, -0.2) is 4.98 Å². The van der Waals surface area contributed by atoms with Crippen molar-refractivity contribution in [3.63, 3.8) is 0 Å². The Hall–Kier alpha value is -5.03. The second kappa shape index (κ2) is 18.1. The van der Waals surface area contributed by atoms with E-state index in [-0.39, 0.29) is 18.2 Å². The summed E-state index contributed by atoms with van der Waals surface area (Å²) < 4.78 is 0. The zero-order valence-corrected chi connectivity index (χ0v) is 29.2. The van der Waals surface area contributed by atoms with E-state index in [1.165, 1.54) is 38.2 Å². The SMILES string of the molecule is CC(=O)N[C@H](C(=O)N[C@@H](Cc1cnc[nH]1)C(=O)N[C@@H](C)C(=O)NCC(=O)N1CCC[C@@H]1C(=O)NC1CCCC1C(=O)N[C@@H](C)C(N)=O)C(C)C. The fourth-order valence-electron chi connectivity index (χ4n) is 6.09. The third-order valence-electron chi connectivity index (χ3n) is 8.93. The second-order valence-electron chi connectivity index (χ2n) is 13.2. The maximum Gasteiger partial charge on any atom is 0.243 e. The summed E-state index contributed by atoms with van der Waals surface area (Å²) >= 11 is 0. The molecule has 2 fully saturated rings. The van der Waals surface area contributed by atoms with E-state index in [9.17, 15) is 38.4 Å². The van der Waals surface area contributed by atoms with Crippen LogP contribution in [0.5, 0.6) is 0 Å². The Morgan fingerprint density at radius 1 is 0.880 bits per heavy atom. The molecule has 18 heteroatoms. The van der Waals surface area contributed by atoms with Gasteiger partial charge < -0.3 is 47.5 Å². The van der Waals surface area contributed by atoms with Gasteiger partial charge in [-0.3, -0.25) is 38.4 Å². The molecule has 0 radical (unpaired) electrons. The number of amides is 8. The molecule has 9 N–H and O–H groups in total. The van der Waals surface area contributed by atoms with Gasteiger partial charge in [-0.05, 0) is 45.4 Å². The monoisotopic (exact) mass is 702 g/mol. The summed E-state index contributed by atoms with van der Waals surface area (Å²) in [6, 6.07) is -5.23. The van der Waals surface area contributed by atoms with E-state index in [1.807, 2.05) is 0 Å². The fraction of sp³-hybridized carbons (Fsp3) is 0.656. The molecular weight excluding hydrogens is 652 g/mol. The Balaban J connectivity index is 1.55. The molecule has 8 amide bonds. The van der Waals surface area contributed by atoms with Gasteiger partial charge in [0.15, 0.2) is 0 Å². The van der Waals surface area contributed by atoms with Crippen LogP contribution in [-0.4, -0.2) is 111 Å². The van der Waals surface area contributed by atoms with E-state index < -0.39 is 90.1 Å². The number of carbonyl (C=O) groups is 8. The van der Waals surface area contributed by atoms with Crippen LogP contribution in [0.4, 0.5) is 0 Å². The minimum Gasteiger partial charge on any atom is -0.368 e. The number of nitrogens with zero attached hydrogens (tertiary/aromatic N) is 2. The zero-order valence-electron chi connectivity index (χ0n) is 29.2. The first-order chi connectivity index (χ1) is 23.6. The molecule has 0 spiro atoms. The van der Waals surface area contributed by atoms with Gasteiger partial charge in [-0.15, -0.1) is 0 Å². The lowest BCUT2D eigenvalue weighted by Gasteiger charge is -2.28. The Bertz CT molecular complexity index is 1420. The maximum absolute atomic E-state index is 13.3. The summed E-state index contributed by atoms with van der Waals surface area (Å²) in [7, 11) is 0. The molecule has 1 aromatic rings. The van der Waals surface area contributed by atoms with Gasteiger partial charge in [-0.1, -0.05) is 20.3 Å². The first-order valence-electron chi connectivity index (χ1n) is 16.9. The van der Waals surface area contributed by atoms with E-state index in [0.717, 1.165) is 0 Å². The number of nitrogens with two attached hydrogens (primary N) is 1. The van der Waals surface area contributed by atoms with Crippen LogP contribution in [0.2, 0.25) is 0 Å². The molecule has 50 heavy (non-hydrogen) atoms. The third kappa shape index (κ3) is 11.0. The van der Waals surface area contributed by atoms with Gasteiger partial charge in [0.25, 0.3) is 0 Å². The minimum atomic E-state index is -1.13. The summed E-state index contributed by atoms with van der Waals surface area (Å²) in [5.41, 5.74) is 5.80. The van der Waals surface area contributed by atoms with Crippen molar-refractivity contribution in [2.24, 2.45) is 17.6 Å². The van der Waals surface area contributed by atoms with Gasteiger partial charge in [0.2, 0.25) is 47.3 Å². The lowest BCUT2D eigenvalue weighted by Crippen LogP contribution is -2.58. The van der Waals surface area contributed by atoms with E-state index in [2.05, 4.69) is 41.9 Å². The van der Waals surface area contributed by atoms with Crippen molar-refractivity contribution in [3.05, 3.63) is 18.2 Å². The number of rotatable bonds is 16. The highest BCUT2D eigenvalue weighted by molar-refractivity contribution is 5.96. The van der Waals surface area contributed by atoms with Crippen LogP contribution in [0.25, 0.3) is 0 Å². The summed E-state index contributed by atoms with van der Waals surface area (Å²) in [6.07, 6.45) is 5.70. The molecule has 1 aliphatic heterocycles. The lowest BCUT2D eigenvalue weighted by molar-refractivity contribution is -0.139. The maximum atomic E-state index is 13.3. The van der Waals surface area contributed by atoms with Crippen LogP contribution in [0.1, 0.15) is 72.4 Å². The van der Waals surface area contributed by atoms with E-state index in [4.69, 9.17) is 5.73 Å². The average Bonchev–Trinajstić information content (AvgIpc) is 3.84. The second-order valence-corrected chi connectivity index (χ2v) is 13.2. The topological polar surface area (TPSA) is 267 Å². The smallest absolute Gasteiger partial charge is 0.243 e. The van der Waals surface area contributed by atoms with Crippen molar-refractivity contribution in [1.29, 1.82) is 0 Å². The summed E-state index contributed by atoms with van der Waals surface area (Å²) in [4.78, 5) is 110. The molecule has 0 aromatic carbocycles. The molecule has 7 atom stereocenters. The number of imidazole rings is 1. The van der Waals surface area contributed by atoms with Gasteiger partial charge in [0.05, 0.1) is 18.8 Å². The predicted octanol–water partition coefficient (Wildman–Crippen LogP) is -2.52. The number of nitrogens with one attached hydrogen (secondary N) is 7. The van der Waals surface area contributed by atoms with Crippen molar-refractivity contribution >= 4 is 47.3 Å². The van der Waals surface area contributed by atoms with Crippen molar-refractivity contribution < 1.29 is 38.4 Å². The molecule has 1 saturated carbocycles. The standard InChI is InChI=1S/C32H50N10O8/c1-16(2)26(39-19(5)43)32(50)41-23(12-20-13-34-15-36-20)30(48)38-18(4)28(46)35-14-25(44)42-11-7-10-24(42)31(49)40-22-9-6-8-21(22)29(47)37-17(3)27(33)45/h13,15-18,21-24,26H,6-12,14H2,1-5H3,(H2,33,45)(H,34,36)(H,35,46)(H,37,47)(H,38,48)(H,39,43)(H,40,49)(H,41,50)/t17-,18-,21?,22?,23-,24+,26-/m0/s1. The predicted molar refractivity (Wildman–Crippen MR) is 178 cm³/mol. The number of H-pyrrole nitrogens is 1. The quantitative estimate of drug-likeness (QED) is 0.0903. The fourth-order valence-corrected chi connectivity index (χ4v) is 6.09. The van der Waals surface area contributed by atoms with Gasteiger partial charge in [0, 0.05) is 37.8 Å². The molecule has 18 nitrogen and oxygen atoms in total. The van der Waals surface area contributed by atoms with Crippen LogP contribution >= 0.6 is 0 Å². The molecule has 2 unspecified atom stereocenters. The number of aromatic amines is 1. The van der Waals surface area contributed by atoms with Crippen molar-refractivity contribution in [3.8, 4) is 0 Å². The van der Waals surface area contributed by atoms with E-state index in [1.54, 1.807) is 13.8 Å². The Kier molecular flexibility index (Phi) is 14.3. The van der Waals surface area contributed by atoms with Crippen molar-refractivity contribution in [2.45, 2.75) is 109 Å². The Morgan fingerprint density at radius 2 is 1.60 bits per heavy atom. The molecule has 2 aliphatic rings. The summed E-state index contributed by atoms with van der Waals surface area (Å²) in [5.74, 6) is -5.08. The molecule has 2 heterocycles. The Labute approximate surface area is 290 Å². The number of carbonyl (C=O) groups excluding carboxylic acids is 8. The summed E-state index contributed by atoms with van der Waals surface area (Å²) in [6.45, 7) is 7.56. The first kappa shape index (κ1) is 39.4. The number of aromatic nitrogens is 2. The largest absolute Gasteiger partial charge is 0.368 e. The third-order valence-corrected chi connectivity index (χ3v) is 8.93. The lowest BCUT2D eigenvalue weighted by atomic mass is 10.0. The highest BCUT2D eigenvalue weighted by atomic mass is 16.2. The normalized spacial score (nSPS) is 20.9. The van der Waals surface area contributed by atoms with Gasteiger partial charge in [0.1, 0.15) is 30.2 Å². The van der Waals surface area contributed by atoms with Crippen molar-refractivity contribution in [2.75, 3.05) is 13.1 Å². The number of primary amides is 1. The number of likely N-dealkylation sites (tertiary alicyclic amines) is 1. The van der Waals surface area contributed by atoms with Crippen molar-refractivity contribution in [1.82, 2.24) is 46.8 Å². The molecule has 0 bridgehead atoms. The first-order valence-corrected chi connectivity index (χ1v) is 16.9. The van der Waals surface area contributed by atoms with Crippen LogP contribution in [0, 0.1) is 11.8 Å². The van der Waals surface area contributed by atoms with Crippen LogP contribution in [0.3, 0.4) is 0 Å². The molecule has 276 valence electrons.